The maximum absolute atomic E-state index is 13.7. The lowest BCUT2D eigenvalue weighted by Gasteiger charge is -2.61. The summed E-state index contributed by atoms with van der Waals surface area (Å²) in [6, 6.07) is 0.119. The van der Waals surface area contributed by atoms with Gasteiger partial charge in [-0.05, 0) is 93.4 Å². The van der Waals surface area contributed by atoms with Crippen LogP contribution in [0.1, 0.15) is 113 Å². The minimum atomic E-state index is -0.256. The van der Waals surface area contributed by atoms with Gasteiger partial charge in [0.05, 0.1) is 12.2 Å². The summed E-state index contributed by atoms with van der Waals surface area (Å²) in [6.45, 7) is 22.2. The first kappa shape index (κ1) is 36.9. The van der Waals surface area contributed by atoms with E-state index in [1.54, 1.807) is 5.57 Å². The Morgan fingerprint density at radius 3 is 2.44 bits per heavy atom. The number of amides is 1. The van der Waals surface area contributed by atoms with Gasteiger partial charge in [-0.25, -0.2) is 4.79 Å². The van der Waals surface area contributed by atoms with Gasteiger partial charge in [-0.2, -0.15) is 0 Å². The Morgan fingerprint density at radius 1 is 1.06 bits per heavy atom. The molecule has 4 bridgehead atoms. The van der Waals surface area contributed by atoms with E-state index in [0.29, 0.717) is 48.0 Å². The second kappa shape index (κ2) is 14.1. The van der Waals surface area contributed by atoms with Crippen molar-refractivity contribution >= 4 is 12.4 Å². The van der Waals surface area contributed by atoms with E-state index in [-0.39, 0.29) is 40.6 Å². The van der Waals surface area contributed by atoms with Crippen molar-refractivity contribution < 1.29 is 19.1 Å². The molecule has 50 heavy (non-hydrogen) atoms. The van der Waals surface area contributed by atoms with Gasteiger partial charge < -0.3 is 24.1 Å². The van der Waals surface area contributed by atoms with E-state index in [4.69, 9.17) is 9.47 Å². The van der Waals surface area contributed by atoms with Crippen LogP contribution >= 0.6 is 0 Å². The molecule has 0 aromatic rings. The van der Waals surface area contributed by atoms with Gasteiger partial charge in [0.1, 0.15) is 12.9 Å². The van der Waals surface area contributed by atoms with Gasteiger partial charge in [0.2, 0.25) is 0 Å². The summed E-state index contributed by atoms with van der Waals surface area (Å²) in [6.07, 6.45) is 17.0. The molecule has 4 saturated carbocycles. The summed E-state index contributed by atoms with van der Waals surface area (Å²) in [5, 5.41) is 0. The Bertz CT molecular complexity index is 1270. The molecule has 3 unspecified atom stereocenters. The standard InChI is InChI=1S/C43H71N3O4/c1-28(2)24-46(31(6)26-49-40(48)45-17-15-44(8)16-18-45)25-38-33(19-32-11-9-10-12-32)20-39(50-38)43-23-35-30(5)13-14-36(35)42(27-47)22-34(43)21-37(29(3)4)41(42,43)7/h21,27-36,38-39H,9-20,22-26H2,1-8H3/t30-,31+,33-,34?,35-,36-,38+,39-,41-,42?,43?/m1/s1. The van der Waals surface area contributed by atoms with Crippen molar-refractivity contribution in [3.63, 3.8) is 0 Å². The van der Waals surface area contributed by atoms with Gasteiger partial charge in [0, 0.05) is 61.6 Å². The topological polar surface area (TPSA) is 62.3 Å². The molecule has 7 heteroatoms. The smallest absolute Gasteiger partial charge is 0.409 e. The third-order valence-electron chi connectivity index (χ3n) is 16.2. The van der Waals surface area contributed by atoms with Crippen molar-refractivity contribution in [2.24, 2.45) is 63.6 Å². The number of piperazine rings is 1. The van der Waals surface area contributed by atoms with Crippen LogP contribution in [-0.4, -0.2) is 98.3 Å². The van der Waals surface area contributed by atoms with E-state index in [2.05, 4.69) is 71.4 Å². The SMILES string of the molecule is CC(C)CN(C[C@@H]1O[C@@H](C23C[C@@H]4[C@H](C)CC[C@H]4C4(C=O)CC2C=C(C(C)C)[C@]43C)C[C@H]1CC1CCCC1)[C@@H](C)COC(=O)N1CCN(C)CC1. The zero-order chi connectivity index (χ0) is 35.6. The van der Waals surface area contributed by atoms with Crippen molar-refractivity contribution in [2.45, 2.75) is 131 Å². The number of carbonyl (C=O) groups is 2. The molecule has 0 aromatic heterocycles. The third kappa shape index (κ3) is 5.85. The lowest BCUT2D eigenvalue weighted by molar-refractivity contribution is -0.168. The summed E-state index contributed by atoms with van der Waals surface area (Å²) < 4.78 is 13.7. The fraction of sp³-hybridized carbons (Fsp3) is 0.907. The second-order valence-corrected chi connectivity index (χ2v) is 19.5. The normalized spacial score (nSPS) is 42.2. The second-order valence-electron chi connectivity index (χ2n) is 19.5. The van der Waals surface area contributed by atoms with Crippen LogP contribution in [0.3, 0.4) is 0 Å². The number of carbonyl (C=O) groups excluding carboxylic acids is 2. The first-order chi connectivity index (χ1) is 23.8. The highest BCUT2D eigenvalue weighted by molar-refractivity contribution is 5.69. The van der Waals surface area contributed by atoms with Crippen molar-refractivity contribution in [2.75, 3.05) is 52.9 Å². The maximum atomic E-state index is 13.7. The van der Waals surface area contributed by atoms with Gasteiger partial charge in [0.15, 0.2) is 0 Å². The van der Waals surface area contributed by atoms with Crippen LogP contribution in [-0.2, 0) is 14.3 Å². The number of hydrogen-bond acceptors (Lipinski definition) is 6. The minimum absolute atomic E-state index is 0.00247. The van der Waals surface area contributed by atoms with Gasteiger partial charge in [-0.15, -0.1) is 0 Å². The highest BCUT2D eigenvalue weighted by Crippen LogP contribution is 2.84. The van der Waals surface area contributed by atoms with Crippen molar-refractivity contribution in [1.82, 2.24) is 14.7 Å². The lowest BCUT2D eigenvalue weighted by atomic mass is 9.42. The molecule has 2 saturated heterocycles. The fourth-order valence-electron chi connectivity index (χ4n) is 13.7. The number of hydrogen-bond donors (Lipinski definition) is 0. The van der Waals surface area contributed by atoms with Crippen LogP contribution < -0.4 is 0 Å². The molecule has 11 atom stereocenters. The third-order valence-corrected chi connectivity index (χ3v) is 16.2. The first-order valence-corrected chi connectivity index (χ1v) is 21.0. The molecule has 5 aliphatic carbocycles. The Labute approximate surface area is 304 Å². The van der Waals surface area contributed by atoms with Crippen LogP contribution in [0.4, 0.5) is 4.79 Å². The molecule has 6 fully saturated rings. The summed E-state index contributed by atoms with van der Waals surface area (Å²) >= 11 is 0. The molecular formula is C43H71N3O4. The van der Waals surface area contributed by atoms with Crippen molar-refractivity contribution in [3.05, 3.63) is 11.6 Å². The molecule has 1 amide bonds. The van der Waals surface area contributed by atoms with E-state index in [0.717, 1.165) is 58.0 Å². The molecule has 2 heterocycles. The van der Waals surface area contributed by atoms with Gasteiger partial charge in [-0.1, -0.05) is 85.3 Å². The average Bonchev–Trinajstić information content (AvgIpc) is 3.88. The highest BCUT2D eigenvalue weighted by atomic mass is 16.6. The molecule has 2 aliphatic heterocycles. The quantitative estimate of drug-likeness (QED) is 0.153. The number of likely N-dealkylation sites (N-methyl/N-ethyl adjacent to an activating group) is 1. The van der Waals surface area contributed by atoms with Crippen LogP contribution in [0.25, 0.3) is 0 Å². The summed E-state index contributed by atoms with van der Waals surface area (Å²) in [7, 11) is 2.11. The minimum Gasteiger partial charge on any atom is -0.448 e. The van der Waals surface area contributed by atoms with Crippen molar-refractivity contribution in [1.29, 1.82) is 0 Å². The average molecular weight is 694 g/mol. The number of fused-ring (bicyclic) bond motifs is 2. The first-order valence-electron chi connectivity index (χ1n) is 21.0. The molecule has 7 rings (SSSR count). The molecule has 282 valence electrons. The van der Waals surface area contributed by atoms with Crippen LogP contribution in [0.5, 0.6) is 0 Å². The zero-order valence-corrected chi connectivity index (χ0v) is 33.0. The van der Waals surface area contributed by atoms with Crippen LogP contribution in [0, 0.1) is 63.6 Å². The molecule has 7 nitrogen and oxygen atoms in total. The zero-order valence-electron chi connectivity index (χ0n) is 33.0. The Kier molecular flexibility index (Phi) is 10.4. The molecule has 0 N–H and O–H groups in total. The molecular weight excluding hydrogens is 622 g/mol. The van der Waals surface area contributed by atoms with Crippen LogP contribution in [0.2, 0.25) is 0 Å². The molecule has 7 aliphatic rings. The van der Waals surface area contributed by atoms with Crippen LogP contribution in [0.15, 0.2) is 11.6 Å². The molecule has 0 aromatic carbocycles. The predicted molar refractivity (Wildman–Crippen MR) is 200 cm³/mol. The van der Waals surface area contributed by atoms with E-state index >= 15 is 0 Å². The van der Waals surface area contributed by atoms with Gasteiger partial charge >= 0.3 is 6.09 Å². The molecule has 0 spiro atoms. The van der Waals surface area contributed by atoms with E-state index in [9.17, 15) is 9.59 Å². The number of ether oxygens (including phenoxy) is 2. The largest absolute Gasteiger partial charge is 0.448 e. The lowest BCUT2D eigenvalue weighted by Crippen LogP contribution is -2.60. The van der Waals surface area contributed by atoms with Crippen molar-refractivity contribution in [3.8, 4) is 0 Å². The monoisotopic (exact) mass is 694 g/mol. The fourth-order valence-corrected chi connectivity index (χ4v) is 13.7. The maximum Gasteiger partial charge on any atom is 0.409 e. The highest BCUT2D eigenvalue weighted by Gasteiger charge is 2.81. The van der Waals surface area contributed by atoms with E-state index < -0.39 is 0 Å². The Balaban J connectivity index is 1.15. The summed E-state index contributed by atoms with van der Waals surface area (Å²) in [5.41, 5.74) is 1.18. The van der Waals surface area contributed by atoms with Gasteiger partial charge in [0.25, 0.3) is 0 Å². The molecule has 0 radical (unpaired) electrons. The number of rotatable bonds is 12. The van der Waals surface area contributed by atoms with E-state index in [1.165, 1.54) is 57.7 Å². The summed E-state index contributed by atoms with van der Waals surface area (Å²) in [4.78, 5) is 33.5. The van der Waals surface area contributed by atoms with E-state index in [1.807, 2.05) is 4.90 Å². The predicted octanol–water partition coefficient (Wildman–Crippen LogP) is 7.93. The number of aldehydes is 1. The van der Waals surface area contributed by atoms with Gasteiger partial charge in [-0.3, -0.25) is 4.90 Å². The number of allylic oxidation sites excluding steroid dienone is 2. The Hall–Kier alpha value is -1.44. The number of nitrogens with zero attached hydrogens (tertiary/aromatic N) is 3. The summed E-state index contributed by atoms with van der Waals surface area (Å²) in [5.74, 6) is 4.55. The Morgan fingerprint density at radius 2 is 1.78 bits per heavy atom.